The number of aromatic nitrogens is 1. The molecule has 26 heavy (non-hydrogen) atoms. The van der Waals surface area contributed by atoms with Crippen LogP contribution in [0.15, 0.2) is 54.6 Å². The highest BCUT2D eigenvalue weighted by Gasteiger charge is 2.31. The van der Waals surface area contributed by atoms with Gasteiger partial charge in [0, 0.05) is 22.5 Å². The van der Waals surface area contributed by atoms with Crippen molar-refractivity contribution in [2.75, 3.05) is 6.54 Å². The van der Waals surface area contributed by atoms with E-state index in [0.717, 1.165) is 5.56 Å². The highest BCUT2D eigenvalue weighted by Crippen LogP contribution is 2.26. The number of nitrogens with one attached hydrogen (secondary N) is 2. The van der Waals surface area contributed by atoms with Gasteiger partial charge in [0.25, 0.3) is 5.91 Å². The second-order valence-electron chi connectivity index (χ2n) is 5.33. The van der Waals surface area contributed by atoms with Gasteiger partial charge in [-0.3, -0.25) is 4.79 Å². The standard InChI is InChI=1S/C19H13F3N2O2/c20-19(21,22)26-15-9-8-14-11-17(24-16(14)12-15)18(25)23-10-4-7-13-5-2-1-3-6-13/h1-3,5-6,8-9,11-12,24H,10H2,(H,23,25). The normalized spacial score (nSPS) is 10.9. The number of hydrogen-bond acceptors (Lipinski definition) is 2. The molecule has 0 unspecified atom stereocenters. The minimum absolute atomic E-state index is 0.144. The summed E-state index contributed by atoms with van der Waals surface area (Å²) in [6, 6.07) is 14.7. The van der Waals surface area contributed by atoms with Gasteiger partial charge >= 0.3 is 6.36 Å². The van der Waals surface area contributed by atoms with Crippen LogP contribution in [-0.2, 0) is 0 Å². The summed E-state index contributed by atoms with van der Waals surface area (Å²) >= 11 is 0. The summed E-state index contributed by atoms with van der Waals surface area (Å²) in [7, 11) is 0. The maximum absolute atomic E-state index is 12.3. The van der Waals surface area contributed by atoms with E-state index in [1.165, 1.54) is 18.2 Å². The molecule has 132 valence electrons. The van der Waals surface area contributed by atoms with Crippen molar-refractivity contribution in [3.05, 3.63) is 65.9 Å². The van der Waals surface area contributed by atoms with Gasteiger partial charge in [0.2, 0.25) is 0 Å². The fourth-order valence-corrected chi connectivity index (χ4v) is 2.31. The fraction of sp³-hybridized carbons (Fsp3) is 0.105. The molecule has 7 heteroatoms. The minimum Gasteiger partial charge on any atom is -0.406 e. The third-order valence-corrected chi connectivity index (χ3v) is 3.42. The van der Waals surface area contributed by atoms with Crippen LogP contribution in [0.4, 0.5) is 13.2 Å². The van der Waals surface area contributed by atoms with Gasteiger partial charge in [0.1, 0.15) is 11.4 Å². The molecule has 3 rings (SSSR count). The van der Waals surface area contributed by atoms with Gasteiger partial charge in [0.05, 0.1) is 6.54 Å². The van der Waals surface area contributed by atoms with Crippen LogP contribution in [0.2, 0.25) is 0 Å². The number of benzene rings is 2. The van der Waals surface area contributed by atoms with Crippen molar-refractivity contribution in [1.82, 2.24) is 10.3 Å². The summed E-state index contributed by atoms with van der Waals surface area (Å²) in [4.78, 5) is 14.9. The minimum atomic E-state index is -4.77. The molecule has 2 N–H and O–H groups in total. The van der Waals surface area contributed by atoms with Crippen molar-refractivity contribution in [3.8, 4) is 17.6 Å². The summed E-state index contributed by atoms with van der Waals surface area (Å²) in [5.74, 6) is 4.98. The molecule has 0 saturated heterocycles. The topological polar surface area (TPSA) is 54.1 Å². The van der Waals surface area contributed by atoms with E-state index in [2.05, 4.69) is 26.9 Å². The van der Waals surface area contributed by atoms with Crippen molar-refractivity contribution in [3.63, 3.8) is 0 Å². The van der Waals surface area contributed by atoms with Gasteiger partial charge in [0.15, 0.2) is 0 Å². The first-order chi connectivity index (χ1) is 12.4. The molecule has 1 amide bonds. The molecule has 0 aliphatic rings. The van der Waals surface area contributed by atoms with Crippen LogP contribution in [0, 0.1) is 11.8 Å². The van der Waals surface area contributed by atoms with E-state index in [9.17, 15) is 18.0 Å². The summed E-state index contributed by atoms with van der Waals surface area (Å²) < 4.78 is 40.6. The van der Waals surface area contributed by atoms with Gasteiger partial charge in [-0.15, -0.1) is 13.2 Å². The van der Waals surface area contributed by atoms with Crippen LogP contribution in [-0.4, -0.2) is 23.8 Å². The largest absolute Gasteiger partial charge is 0.573 e. The molecule has 0 saturated carbocycles. The molecule has 0 spiro atoms. The van der Waals surface area contributed by atoms with Gasteiger partial charge < -0.3 is 15.0 Å². The Morgan fingerprint density at radius 1 is 1.12 bits per heavy atom. The molecule has 0 atom stereocenters. The van der Waals surface area contributed by atoms with E-state index in [4.69, 9.17) is 0 Å². The van der Waals surface area contributed by atoms with Crippen LogP contribution in [0.25, 0.3) is 10.9 Å². The number of aromatic amines is 1. The Kier molecular flexibility index (Phi) is 4.85. The second-order valence-corrected chi connectivity index (χ2v) is 5.33. The number of carbonyl (C=O) groups excluding carboxylic acids is 1. The lowest BCUT2D eigenvalue weighted by molar-refractivity contribution is -0.274. The quantitative estimate of drug-likeness (QED) is 0.699. The van der Waals surface area contributed by atoms with Crippen molar-refractivity contribution in [2.24, 2.45) is 0 Å². The monoisotopic (exact) mass is 358 g/mol. The Bertz CT molecular complexity index is 983. The van der Waals surface area contributed by atoms with E-state index in [1.807, 2.05) is 30.3 Å². The molecule has 4 nitrogen and oxygen atoms in total. The summed E-state index contributed by atoms with van der Waals surface area (Å²) in [6.07, 6.45) is -4.77. The Hall–Kier alpha value is -3.40. The predicted octanol–water partition coefficient (Wildman–Crippen LogP) is 3.85. The number of H-pyrrole nitrogens is 1. The van der Waals surface area contributed by atoms with Crippen molar-refractivity contribution in [2.45, 2.75) is 6.36 Å². The van der Waals surface area contributed by atoms with Crippen LogP contribution < -0.4 is 10.1 Å². The zero-order valence-electron chi connectivity index (χ0n) is 13.4. The number of ether oxygens (including phenoxy) is 1. The molecule has 0 fully saturated rings. The average molecular weight is 358 g/mol. The Morgan fingerprint density at radius 3 is 2.62 bits per heavy atom. The molecule has 0 radical (unpaired) electrons. The van der Waals surface area contributed by atoms with E-state index < -0.39 is 12.3 Å². The van der Waals surface area contributed by atoms with Crippen molar-refractivity contribution >= 4 is 16.8 Å². The van der Waals surface area contributed by atoms with Crippen molar-refractivity contribution < 1.29 is 22.7 Å². The van der Waals surface area contributed by atoms with Gasteiger partial charge in [-0.25, -0.2) is 0 Å². The highest BCUT2D eigenvalue weighted by molar-refractivity contribution is 5.98. The number of alkyl halides is 3. The lowest BCUT2D eigenvalue weighted by Gasteiger charge is -2.08. The number of halogens is 3. The first-order valence-corrected chi connectivity index (χ1v) is 7.61. The predicted molar refractivity (Wildman–Crippen MR) is 90.6 cm³/mol. The molecule has 2 aromatic carbocycles. The number of rotatable bonds is 3. The second kappa shape index (κ2) is 7.23. The highest BCUT2D eigenvalue weighted by atomic mass is 19.4. The van der Waals surface area contributed by atoms with E-state index in [-0.39, 0.29) is 18.0 Å². The average Bonchev–Trinajstić information content (AvgIpc) is 3.01. The van der Waals surface area contributed by atoms with E-state index in [1.54, 1.807) is 6.07 Å². The SMILES string of the molecule is O=C(NCC#Cc1ccccc1)c1cc2ccc(OC(F)(F)F)cc2[nH]1. The fourth-order valence-electron chi connectivity index (χ4n) is 2.31. The lowest BCUT2D eigenvalue weighted by atomic mass is 10.2. The molecule has 0 aliphatic heterocycles. The van der Waals surface area contributed by atoms with E-state index in [0.29, 0.717) is 10.9 Å². The number of fused-ring (bicyclic) bond motifs is 1. The van der Waals surface area contributed by atoms with Crippen LogP contribution in [0.1, 0.15) is 16.1 Å². The van der Waals surface area contributed by atoms with Gasteiger partial charge in [-0.05, 0) is 30.3 Å². The first kappa shape index (κ1) is 17.4. The molecule has 3 aromatic rings. The van der Waals surface area contributed by atoms with Gasteiger partial charge in [-0.2, -0.15) is 0 Å². The lowest BCUT2D eigenvalue weighted by Crippen LogP contribution is -2.23. The Labute approximate surface area is 147 Å². The third-order valence-electron chi connectivity index (χ3n) is 3.42. The molecule has 0 aliphatic carbocycles. The number of hydrogen-bond donors (Lipinski definition) is 2. The van der Waals surface area contributed by atoms with Crippen LogP contribution in [0.3, 0.4) is 0 Å². The van der Waals surface area contributed by atoms with Crippen molar-refractivity contribution in [1.29, 1.82) is 0 Å². The number of carbonyl (C=O) groups is 1. The molecule has 1 heterocycles. The third kappa shape index (κ3) is 4.57. The van der Waals surface area contributed by atoms with Crippen LogP contribution in [0.5, 0.6) is 5.75 Å². The molecular formula is C19H13F3N2O2. The zero-order chi connectivity index (χ0) is 18.6. The Balaban J connectivity index is 1.66. The van der Waals surface area contributed by atoms with Crippen LogP contribution >= 0.6 is 0 Å². The summed E-state index contributed by atoms with van der Waals surface area (Å²) in [5.41, 5.74) is 1.43. The molecule has 1 aromatic heterocycles. The Morgan fingerprint density at radius 2 is 1.88 bits per heavy atom. The van der Waals surface area contributed by atoms with Gasteiger partial charge in [-0.1, -0.05) is 30.0 Å². The molecular weight excluding hydrogens is 345 g/mol. The maximum Gasteiger partial charge on any atom is 0.573 e. The smallest absolute Gasteiger partial charge is 0.406 e. The first-order valence-electron chi connectivity index (χ1n) is 7.61. The zero-order valence-corrected chi connectivity index (χ0v) is 13.4. The molecule has 0 bridgehead atoms. The summed E-state index contributed by atoms with van der Waals surface area (Å²) in [6.45, 7) is 0.144. The maximum atomic E-state index is 12.3. The number of amides is 1. The van der Waals surface area contributed by atoms with E-state index >= 15 is 0 Å². The summed E-state index contributed by atoms with van der Waals surface area (Å²) in [5, 5.41) is 3.23.